The Morgan fingerprint density at radius 3 is 2.50 bits per heavy atom. The number of amides is 1. The first-order valence-electron chi connectivity index (χ1n) is 9.43. The van der Waals surface area contributed by atoms with E-state index in [1.165, 1.54) is 0 Å². The Balaban J connectivity index is 1.87. The Morgan fingerprint density at radius 2 is 1.84 bits per heavy atom. The molecule has 0 saturated heterocycles. The maximum atomic E-state index is 13.4. The van der Waals surface area contributed by atoms with Gasteiger partial charge in [-0.25, -0.2) is 4.79 Å². The number of ether oxygens (including phenoxy) is 1. The van der Waals surface area contributed by atoms with Crippen molar-refractivity contribution in [3.8, 4) is 5.69 Å². The van der Waals surface area contributed by atoms with Crippen LogP contribution < -0.4 is 10.9 Å². The molecule has 4 rings (SSSR count). The zero-order valence-corrected chi connectivity index (χ0v) is 19.8. The Hall–Kier alpha value is -3.01. The molecule has 0 aliphatic rings. The molecule has 0 spiro atoms. The van der Waals surface area contributed by atoms with Crippen molar-refractivity contribution in [3.63, 3.8) is 0 Å². The number of hydrogen-bond acceptors (Lipinski definition) is 6. The van der Waals surface area contributed by atoms with E-state index in [2.05, 4.69) is 26.3 Å². The Morgan fingerprint density at radius 1 is 1.16 bits per heavy atom. The summed E-state index contributed by atoms with van der Waals surface area (Å²) in [7, 11) is 0. The second kappa shape index (κ2) is 9.23. The monoisotopic (exact) mass is 531 g/mol. The number of carbonyl (C=O) groups is 2. The molecule has 32 heavy (non-hydrogen) atoms. The minimum absolute atomic E-state index is 0.0169. The summed E-state index contributed by atoms with van der Waals surface area (Å²) in [5.41, 5.74) is 0.343. The van der Waals surface area contributed by atoms with Crippen molar-refractivity contribution in [2.24, 2.45) is 0 Å². The number of anilines is 1. The third kappa shape index (κ3) is 4.32. The molecule has 2 aromatic heterocycles. The summed E-state index contributed by atoms with van der Waals surface area (Å²) in [6.07, 6.45) is 0. The second-order valence-corrected chi connectivity index (χ2v) is 8.81. The van der Waals surface area contributed by atoms with E-state index in [0.29, 0.717) is 26.7 Å². The van der Waals surface area contributed by atoms with Crippen LogP contribution in [0.5, 0.6) is 0 Å². The highest BCUT2D eigenvalue weighted by Gasteiger charge is 2.23. The predicted molar refractivity (Wildman–Crippen MR) is 128 cm³/mol. The summed E-state index contributed by atoms with van der Waals surface area (Å²) in [5, 5.41) is 9.94. The van der Waals surface area contributed by atoms with Crippen molar-refractivity contribution < 1.29 is 14.3 Å². The first kappa shape index (κ1) is 22.2. The van der Waals surface area contributed by atoms with Crippen molar-refractivity contribution in [1.29, 1.82) is 0 Å². The van der Waals surface area contributed by atoms with Gasteiger partial charge in [-0.1, -0.05) is 27.5 Å². The third-order valence-corrected chi connectivity index (χ3v) is 6.20. The topological polar surface area (TPSA) is 90.3 Å². The van der Waals surface area contributed by atoms with E-state index < -0.39 is 11.5 Å². The van der Waals surface area contributed by atoms with Gasteiger partial charge in [-0.2, -0.15) is 9.78 Å². The summed E-state index contributed by atoms with van der Waals surface area (Å²) < 4.78 is 7.08. The minimum Gasteiger partial charge on any atom is -0.461 e. The van der Waals surface area contributed by atoms with Gasteiger partial charge in [-0.05, 0) is 55.5 Å². The average molecular weight is 533 g/mol. The van der Waals surface area contributed by atoms with Gasteiger partial charge in [0.1, 0.15) is 5.00 Å². The Bertz CT molecular complexity index is 1380. The molecule has 0 atom stereocenters. The van der Waals surface area contributed by atoms with Crippen LogP contribution in [0.3, 0.4) is 0 Å². The lowest BCUT2D eigenvalue weighted by molar-refractivity contribution is 0.0520. The number of nitrogens with zero attached hydrogens (tertiary/aromatic N) is 2. The van der Waals surface area contributed by atoms with E-state index in [0.717, 1.165) is 20.5 Å². The lowest BCUT2D eigenvalue weighted by Gasteiger charge is -2.10. The highest BCUT2D eigenvalue weighted by atomic mass is 79.9. The van der Waals surface area contributed by atoms with Crippen LogP contribution in [0.1, 0.15) is 27.8 Å². The number of halogens is 2. The fourth-order valence-corrected chi connectivity index (χ4v) is 4.35. The molecule has 162 valence electrons. The molecule has 7 nitrogen and oxygen atoms in total. The van der Waals surface area contributed by atoms with E-state index in [1.807, 2.05) is 0 Å². The van der Waals surface area contributed by atoms with Gasteiger partial charge >= 0.3 is 5.97 Å². The molecule has 2 aromatic carbocycles. The fraction of sp³-hybridized carbons (Fsp3) is 0.0909. The van der Waals surface area contributed by atoms with Gasteiger partial charge in [0.25, 0.3) is 11.5 Å². The first-order valence-corrected chi connectivity index (χ1v) is 11.5. The maximum absolute atomic E-state index is 13.4. The SMILES string of the molecule is CCOC(=O)c1nn(-c2ccc(Cl)cc2)c(=O)c2c(NC(=O)c3ccc(Br)cc3)scc12. The van der Waals surface area contributed by atoms with Gasteiger partial charge < -0.3 is 10.1 Å². The molecule has 0 saturated carbocycles. The molecule has 0 fully saturated rings. The number of benzene rings is 2. The number of thiophene rings is 1. The molecule has 0 aliphatic heterocycles. The van der Waals surface area contributed by atoms with Gasteiger partial charge in [0.15, 0.2) is 5.69 Å². The zero-order chi connectivity index (χ0) is 22.8. The number of carbonyl (C=O) groups excluding carboxylic acids is 2. The molecule has 1 amide bonds. The van der Waals surface area contributed by atoms with Gasteiger partial charge in [-0.3, -0.25) is 9.59 Å². The summed E-state index contributed by atoms with van der Waals surface area (Å²) in [6, 6.07) is 13.3. The Labute approximate surface area is 199 Å². The van der Waals surface area contributed by atoms with Gasteiger partial charge in [-0.15, -0.1) is 11.3 Å². The quantitative estimate of drug-likeness (QED) is 0.353. The third-order valence-electron chi connectivity index (χ3n) is 4.53. The highest BCUT2D eigenvalue weighted by Crippen LogP contribution is 2.31. The summed E-state index contributed by atoms with van der Waals surface area (Å²) in [5.74, 6) is -1.04. The molecule has 0 bridgehead atoms. The van der Waals surface area contributed by atoms with E-state index >= 15 is 0 Å². The first-order chi connectivity index (χ1) is 15.4. The van der Waals surface area contributed by atoms with Crippen LogP contribution >= 0.6 is 38.9 Å². The fourth-order valence-electron chi connectivity index (χ4n) is 3.03. The molecule has 0 unspecified atom stereocenters. The van der Waals surface area contributed by atoms with E-state index in [1.54, 1.807) is 60.8 Å². The summed E-state index contributed by atoms with van der Waals surface area (Å²) in [4.78, 5) is 38.7. The average Bonchev–Trinajstić information content (AvgIpc) is 3.19. The van der Waals surface area contributed by atoms with Crippen LogP contribution in [0.4, 0.5) is 5.00 Å². The molecule has 1 N–H and O–H groups in total. The number of nitrogens with one attached hydrogen (secondary N) is 1. The van der Waals surface area contributed by atoms with Gasteiger partial charge in [0.2, 0.25) is 0 Å². The van der Waals surface area contributed by atoms with Crippen molar-refractivity contribution in [1.82, 2.24) is 9.78 Å². The molecule has 0 aliphatic carbocycles. The number of aromatic nitrogens is 2. The lowest BCUT2D eigenvalue weighted by atomic mass is 10.2. The smallest absolute Gasteiger partial charge is 0.359 e. The summed E-state index contributed by atoms with van der Waals surface area (Å²) in [6.45, 7) is 1.83. The maximum Gasteiger partial charge on any atom is 0.359 e. The van der Waals surface area contributed by atoms with Crippen LogP contribution in [0, 0.1) is 0 Å². The van der Waals surface area contributed by atoms with E-state index in [9.17, 15) is 14.4 Å². The normalized spacial score (nSPS) is 10.8. The van der Waals surface area contributed by atoms with Crippen molar-refractivity contribution in [2.45, 2.75) is 6.92 Å². The van der Waals surface area contributed by atoms with Crippen LogP contribution in [-0.2, 0) is 4.74 Å². The molecular formula is C22H15BrClN3O4S. The predicted octanol–water partition coefficient (Wildman–Crippen LogP) is 5.29. The largest absolute Gasteiger partial charge is 0.461 e. The number of rotatable bonds is 5. The number of esters is 1. The van der Waals surface area contributed by atoms with Crippen molar-refractivity contribution >= 4 is 66.5 Å². The number of hydrogen-bond donors (Lipinski definition) is 1. The Kier molecular flexibility index (Phi) is 6.40. The zero-order valence-electron chi connectivity index (χ0n) is 16.6. The van der Waals surface area contributed by atoms with E-state index in [-0.39, 0.29) is 23.6 Å². The summed E-state index contributed by atoms with van der Waals surface area (Å²) >= 11 is 10.4. The van der Waals surface area contributed by atoms with Crippen LogP contribution in [-0.4, -0.2) is 28.3 Å². The molecule has 10 heteroatoms. The molecule has 4 aromatic rings. The van der Waals surface area contributed by atoms with E-state index in [4.69, 9.17) is 16.3 Å². The van der Waals surface area contributed by atoms with Gasteiger partial charge in [0.05, 0.1) is 17.7 Å². The molecular weight excluding hydrogens is 518 g/mol. The standard InChI is InChI=1S/C22H15BrClN3O4S/c1-2-31-22(30)18-16-11-32-20(25-19(28)12-3-5-13(23)6-4-12)17(16)21(29)27(26-18)15-9-7-14(24)8-10-15/h3-11H,2H2,1H3,(H,25,28). The molecule has 2 heterocycles. The second-order valence-electron chi connectivity index (χ2n) is 6.58. The molecule has 0 radical (unpaired) electrons. The highest BCUT2D eigenvalue weighted by molar-refractivity contribution is 9.10. The van der Waals surface area contributed by atoms with Crippen molar-refractivity contribution in [2.75, 3.05) is 11.9 Å². The minimum atomic E-state index is -0.663. The van der Waals surface area contributed by atoms with Crippen molar-refractivity contribution in [3.05, 3.63) is 85.0 Å². The van der Waals surface area contributed by atoms with Gasteiger partial charge in [0, 0.05) is 25.8 Å². The number of fused-ring (bicyclic) bond motifs is 1. The van der Waals surface area contributed by atoms with Crippen LogP contribution in [0.2, 0.25) is 5.02 Å². The van der Waals surface area contributed by atoms with Crippen LogP contribution in [0.15, 0.2) is 63.2 Å². The van der Waals surface area contributed by atoms with Crippen LogP contribution in [0.25, 0.3) is 16.5 Å². The lowest BCUT2D eigenvalue weighted by Crippen LogP contribution is -2.25.